The quantitative estimate of drug-likeness (QED) is 0.891. The maximum atomic E-state index is 12.6. The summed E-state index contributed by atoms with van der Waals surface area (Å²) in [6.07, 6.45) is 3.02. The fraction of sp³-hybridized carbons (Fsp3) is 0.583. The number of nitrogens with one attached hydrogen (secondary N) is 1. The van der Waals surface area contributed by atoms with Gasteiger partial charge in [-0.25, -0.2) is 13.4 Å². The van der Waals surface area contributed by atoms with Crippen molar-refractivity contribution in [1.82, 2.24) is 9.29 Å². The molecule has 2 rings (SSSR count). The Kier molecular flexibility index (Phi) is 4.38. The summed E-state index contributed by atoms with van der Waals surface area (Å²) in [7, 11) is -0.243. The minimum Gasteiger partial charge on any atom is -0.381 e. The summed E-state index contributed by atoms with van der Waals surface area (Å²) in [5, 5.41) is 2.82. The molecule has 1 saturated heterocycles. The Bertz CT molecular complexity index is 527. The standard InChI is InChI=1S/C12H19N3O3S/c1-13-12-11(4-3-7-14-12)19(16,17)15(2)10-5-8-18-9-6-10/h3-4,7,10H,5-6,8-9H2,1-2H3,(H,13,14). The average molecular weight is 285 g/mol. The molecule has 2 heterocycles. The highest BCUT2D eigenvalue weighted by molar-refractivity contribution is 7.89. The second-order valence-corrected chi connectivity index (χ2v) is 6.43. The molecule has 106 valence electrons. The molecule has 0 spiro atoms. The van der Waals surface area contributed by atoms with Gasteiger partial charge < -0.3 is 10.1 Å². The second kappa shape index (κ2) is 5.85. The summed E-state index contributed by atoms with van der Waals surface area (Å²) < 4.78 is 31.9. The van der Waals surface area contributed by atoms with Crippen molar-refractivity contribution in [3.05, 3.63) is 18.3 Å². The topological polar surface area (TPSA) is 71.5 Å². The van der Waals surface area contributed by atoms with Gasteiger partial charge in [-0.05, 0) is 25.0 Å². The van der Waals surface area contributed by atoms with Gasteiger partial charge in [0.15, 0.2) is 0 Å². The van der Waals surface area contributed by atoms with Crippen LogP contribution in [0.1, 0.15) is 12.8 Å². The number of pyridine rings is 1. The van der Waals surface area contributed by atoms with Gasteiger partial charge in [0.25, 0.3) is 0 Å². The third-order valence-corrected chi connectivity index (χ3v) is 5.31. The number of nitrogens with zero attached hydrogens (tertiary/aromatic N) is 2. The Morgan fingerprint density at radius 2 is 2.11 bits per heavy atom. The van der Waals surface area contributed by atoms with E-state index in [0.717, 1.165) is 12.8 Å². The molecular formula is C12H19N3O3S. The van der Waals surface area contributed by atoms with E-state index in [1.165, 1.54) is 4.31 Å². The molecule has 1 N–H and O–H groups in total. The van der Waals surface area contributed by atoms with E-state index in [0.29, 0.717) is 19.0 Å². The van der Waals surface area contributed by atoms with Gasteiger partial charge in [0.1, 0.15) is 10.7 Å². The molecule has 0 radical (unpaired) electrons. The van der Waals surface area contributed by atoms with Gasteiger partial charge in [-0.2, -0.15) is 4.31 Å². The molecular weight excluding hydrogens is 266 g/mol. The molecule has 1 aliphatic heterocycles. The molecule has 0 aromatic carbocycles. The summed E-state index contributed by atoms with van der Waals surface area (Å²) in [6.45, 7) is 1.22. The Morgan fingerprint density at radius 3 is 2.74 bits per heavy atom. The molecule has 0 saturated carbocycles. The number of hydrogen-bond acceptors (Lipinski definition) is 5. The van der Waals surface area contributed by atoms with Crippen molar-refractivity contribution < 1.29 is 13.2 Å². The number of aromatic nitrogens is 1. The molecule has 1 aromatic rings. The maximum Gasteiger partial charge on any atom is 0.246 e. The summed E-state index contributed by atoms with van der Waals surface area (Å²) >= 11 is 0. The largest absolute Gasteiger partial charge is 0.381 e. The van der Waals surface area contributed by atoms with E-state index in [4.69, 9.17) is 4.74 Å². The van der Waals surface area contributed by atoms with E-state index >= 15 is 0 Å². The molecule has 0 amide bonds. The molecule has 0 bridgehead atoms. The number of anilines is 1. The lowest BCUT2D eigenvalue weighted by molar-refractivity contribution is 0.0632. The van der Waals surface area contributed by atoms with E-state index in [9.17, 15) is 8.42 Å². The minimum atomic E-state index is -3.53. The zero-order chi connectivity index (χ0) is 13.9. The lowest BCUT2D eigenvalue weighted by atomic mass is 10.1. The maximum absolute atomic E-state index is 12.6. The van der Waals surface area contributed by atoms with Crippen LogP contribution in [0, 0.1) is 0 Å². The molecule has 0 aliphatic carbocycles. The van der Waals surface area contributed by atoms with Crippen LogP contribution in [-0.4, -0.2) is 51.1 Å². The van der Waals surface area contributed by atoms with E-state index in [1.54, 1.807) is 32.4 Å². The van der Waals surface area contributed by atoms with Gasteiger partial charge in [0.2, 0.25) is 10.0 Å². The van der Waals surface area contributed by atoms with Crippen molar-refractivity contribution in [2.45, 2.75) is 23.8 Å². The fourth-order valence-electron chi connectivity index (χ4n) is 2.19. The Morgan fingerprint density at radius 1 is 1.42 bits per heavy atom. The van der Waals surface area contributed by atoms with Gasteiger partial charge in [-0.3, -0.25) is 0 Å². The fourth-order valence-corrected chi connectivity index (χ4v) is 3.75. The van der Waals surface area contributed by atoms with Crippen LogP contribution in [0.4, 0.5) is 5.82 Å². The van der Waals surface area contributed by atoms with Crippen molar-refractivity contribution >= 4 is 15.8 Å². The van der Waals surface area contributed by atoms with Crippen LogP contribution in [-0.2, 0) is 14.8 Å². The van der Waals surface area contributed by atoms with Gasteiger partial charge in [0.05, 0.1) is 0 Å². The normalized spacial score (nSPS) is 17.6. The minimum absolute atomic E-state index is 0.0105. The van der Waals surface area contributed by atoms with Crippen molar-refractivity contribution in [2.75, 3.05) is 32.6 Å². The van der Waals surface area contributed by atoms with Crippen molar-refractivity contribution in [2.24, 2.45) is 0 Å². The zero-order valence-corrected chi connectivity index (χ0v) is 12.0. The number of rotatable bonds is 4. The molecule has 1 fully saturated rings. The first-order chi connectivity index (χ1) is 9.07. The van der Waals surface area contributed by atoms with Crippen LogP contribution in [0.15, 0.2) is 23.2 Å². The van der Waals surface area contributed by atoms with Crippen LogP contribution in [0.2, 0.25) is 0 Å². The van der Waals surface area contributed by atoms with Gasteiger partial charge in [-0.1, -0.05) is 0 Å². The molecule has 0 atom stereocenters. The number of sulfonamides is 1. The van der Waals surface area contributed by atoms with Gasteiger partial charge in [0, 0.05) is 39.5 Å². The smallest absolute Gasteiger partial charge is 0.246 e. The molecule has 1 aliphatic rings. The molecule has 6 nitrogen and oxygen atoms in total. The summed E-state index contributed by atoms with van der Waals surface area (Å²) in [4.78, 5) is 4.26. The first kappa shape index (κ1) is 14.2. The molecule has 1 aromatic heterocycles. The Hall–Kier alpha value is -1.18. The van der Waals surface area contributed by atoms with Crippen LogP contribution in [0.5, 0.6) is 0 Å². The number of ether oxygens (including phenoxy) is 1. The number of hydrogen-bond donors (Lipinski definition) is 1. The highest BCUT2D eigenvalue weighted by atomic mass is 32.2. The van der Waals surface area contributed by atoms with Crippen LogP contribution < -0.4 is 5.32 Å². The average Bonchev–Trinajstić information content (AvgIpc) is 2.47. The zero-order valence-electron chi connectivity index (χ0n) is 11.2. The van der Waals surface area contributed by atoms with Crippen molar-refractivity contribution in [3.63, 3.8) is 0 Å². The molecule has 0 unspecified atom stereocenters. The van der Waals surface area contributed by atoms with E-state index in [1.807, 2.05) is 0 Å². The summed E-state index contributed by atoms with van der Waals surface area (Å²) in [5.41, 5.74) is 0. The van der Waals surface area contributed by atoms with Crippen LogP contribution in [0.3, 0.4) is 0 Å². The SMILES string of the molecule is CNc1ncccc1S(=O)(=O)N(C)C1CCOCC1. The third kappa shape index (κ3) is 2.88. The summed E-state index contributed by atoms with van der Waals surface area (Å²) in [6, 6.07) is 3.19. The molecule has 7 heteroatoms. The highest BCUT2D eigenvalue weighted by Crippen LogP contribution is 2.25. The van der Waals surface area contributed by atoms with Crippen LogP contribution >= 0.6 is 0 Å². The Balaban J connectivity index is 2.30. The predicted molar refractivity (Wildman–Crippen MR) is 72.6 cm³/mol. The highest BCUT2D eigenvalue weighted by Gasteiger charge is 2.31. The second-order valence-electron chi connectivity index (χ2n) is 4.46. The lowest BCUT2D eigenvalue weighted by Gasteiger charge is -2.30. The van der Waals surface area contributed by atoms with Crippen molar-refractivity contribution in [3.8, 4) is 0 Å². The van der Waals surface area contributed by atoms with Crippen LogP contribution in [0.25, 0.3) is 0 Å². The monoisotopic (exact) mass is 285 g/mol. The lowest BCUT2D eigenvalue weighted by Crippen LogP contribution is -2.40. The van der Waals surface area contributed by atoms with E-state index < -0.39 is 10.0 Å². The van der Waals surface area contributed by atoms with E-state index in [2.05, 4.69) is 10.3 Å². The van der Waals surface area contributed by atoms with E-state index in [-0.39, 0.29) is 10.9 Å². The first-order valence-corrected chi connectivity index (χ1v) is 7.70. The molecule has 19 heavy (non-hydrogen) atoms. The predicted octanol–water partition coefficient (Wildman–Crippen LogP) is 0.923. The Labute approximate surface area is 113 Å². The first-order valence-electron chi connectivity index (χ1n) is 6.26. The summed E-state index contributed by atoms with van der Waals surface area (Å²) in [5.74, 6) is 0.376. The van der Waals surface area contributed by atoms with Crippen molar-refractivity contribution in [1.29, 1.82) is 0 Å². The van der Waals surface area contributed by atoms with Gasteiger partial charge in [-0.15, -0.1) is 0 Å². The van der Waals surface area contributed by atoms with Gasteiger partial charge >= 0.3 is 0 Å². The third-order valence-electron chi connectivity index (χ3n) is 3.37.